The Hall–Kier alpha value is -2.64. The van der Waals surface area contributed by atoms with Gasteiger partial charge in [-0.05, 0) is 43.2 Å². The molecule has 1 amide bonds. The average Bonchev–Trinajstić information content (AvgIpc) is 2.99. The minimum Gasteiger partial charge on any atom is -0.489 e. The van der Waals surface area contributed by atoms with Crippen molar-refractivity contribution in [3.8, 4) is 5.75 Å². The number of nitrogens with zero attached hydrogens (tertiary/aromatic N) is 1. The van der Waals surface area contributed by atoms with Crippen molar-refractivity contribution >= 4 is 46.3 Å². The molecule has 1 aliphatic heterocycles. The maximum Gasteiger partial charge on any atom is 0.307 e. The summed E-state index contributed by atoms with van der Waals surface area (Å²) in [7, 11) is 0. The highest BCUT2D eigenvalue weighted by Gasteiger charge is 2.32. The molecule has 0 unspecified atom stereocenters. The molecule has 5 nitrogen and oxygen atoms in total. The van der Waals surface area contributed by atoms with Gasteiger partial charge in [0.05, 0.1) is 17.9 Å². The number of carbonyl (C=O) groups excluding carboxylic acids is 2. The molecule has 2 aromatic rings. The van der Waals surface area contributed by atoms with Crippen molar-refractivity contribution in [3.05, 3.63) is 70.1 Å². The van der Waals surface area contributed by atoms with Crippen LogP contribution in [0.1, 0.15) is 30.0 Å². The molecule has 0 aliphatic carbocycles. The molecule has 0 saturated carbocycles. The van der Waals surface area contributed by atoms with Crippen LogP contribution in [0.5, 0.6) is 5.75 Å². The standard InChI is InChI=1S/C23H23NO4S2/c1-3-27-21(25)11-12-24-22(26)20(30-23(24)29)14-18-5-4-6-19(13-18)28-15-17-9-7-16(2)8-10-17/h4-10,13-14H,3,11-12,15H2,1-2H3/b20-14+. The number of benzene rings is 2. The number of carbonyl (C=O) groups is 2. The van der Waals surface area contributed by atoms with Gasteiger partial charge in [0.1, 0.15) is 16.7 Å². The summed E-state index contributed by atoms with van der Waals surface area (Å²) in [6, 6.07) is 15.8. The Balaban J connectivity index is 1.64. The Morgan fingerprint density at radius 2 is 1.97 bits per heavy atom. The Labute approximate surface area is 186 Å². The predicted octanol–water partition coefficient (Wildman–Crippen LogP) is 4.73. The molecule has 0 atom stereocenters. The Bertz CT molecular complexity index is 969. The van der Waals surface area contributed by atoms with E-state index in [-0.39, 0.29) is 24.8 Å². The third kappa shape index (κ3) is 5.93. The second-order valence-corrected chi connectivity index (χ2v) is 8.41. The number of rotatable bonds is 8. The summed E-state index contributed by atoms with van der Waals surface area (Å²) >= 11 is 6.54. The largest absolute Gasteiger partial charge is 0.489 e. The molecule has 2 aromatic carbocycles. The number of hydrogen-bond acceptors (Lipinski definition) is 6. The molecular formula is C23H23NO4S2. The van der Waals surface area contributed by atoms with Gasteiger partial charge in [-0.1, -0.05) is 65.9 Å². The summed E-state index contributed by atoms with van der Waals surface area (Å²) in [4.78, 5) is 26.2. The van der Waals surface area contributed by atoms with Crippen LogP contribution < -0.4 is 4.74 Å². The number of thioether (sulfide) groups is 1. The zero-order valence-corrected chi connectivity index (χ0v) is 18.6. The van der Waals surface area contributed by atoms with Crippen LogP contribution in [-0.2, 0) is 20.9 Å². The smallest absolute Gasteiger partial charge is 0.307 e. The van der Waals surface area contributed by atoms with Gasteiger partial charge in [0.2, 0.25) is 0 Å². The van der Waals surface area contributed by atoms with Crippen molar-refractivity contribution in [2.24, 2.45) is 0 Å². The normalized spacial score (nSPS) is 15.0. The monoisotopic (exact) mass is 441 g/mol. The molecule has 1 heterocycles. The highest BCUT2D eigenvalue weighted by Crippen LogP contribution is 2.33. The zero-order valence-electron chi connectivity index (χ0n) is 16.9. The van der Waals surface area contributed by atoms with Crippen LogP contribution in [0.3, 0.4) is 0 Å². The molecule has 3 rings (SSSR count). The van der Waals surface area contributed by atoms with Crippen molar-refractivity contribution in [1.82, 2.24) is 4.90 Å². The average molecular weight is 442 g/mol. The van der Waals surface area contributed by atoms with Crippen molar-refractivity contribution in [1.29, 1.82) is 0 Å². The molecular weight excluding hydrogens is 418 g/mol. The first-order valence-corrected chi connectivity index (χ1v) is 10.9. The van der Waals surface area contributed by atoms with Crippen molar-refractivity contribution < 1.29 is 19.1 Å². The van der Waals surface area contributed by atoms with Crippen LogP contribution in [0.2, 0.25) is 0 Å². The number of amides is 1. The fraction of sp³-hybridized carbons (Fsp3) is 0.261. The molecule has 0 bridgehead atoms. The van der Waals surface area contributed by atoms with Crippen molar-refractivity contribution in [2.75, 3.05) is 13.2 Å². The Morgan fingerprint density at radius 1 is 1.20 bits per heavy atom. The molecule has 1 fully saturated rings. The first-order chi connectivity index (χ1) is 14.5. The van der Waals surface area contributed by atoms with Crippen LogP contribution >= 0.6 is 24.0 Å². The van der Waals surface area contributed by atoms with Crippen molar-refractivity contribution in [2.45, 2.75) is 26.9 Å². The van der Waals surface area contributed by atoms with E-state index in [4.69, 9.17) is 21.7 Å². The van der Waals surface area contributed by atoms with Crippen LogP contribution in [0.25, 0.3) is 6.08 Å². The van der Waals surface area contributed by atoms with Crippen LogP contribution in [0.4, 0.5) is 0 Å². The lowest BCUT2D eigenvalue weighted by Gasteiger charge is -2.13. The summed E-state index contributed by atoms with van der Waals surface area (Å²) in [6.45, 7) is 4.81. The van der Waals surface area contributed by atoms with Gasteiger partial charge >= 0.3 is 5.97 Å². The fourth-order valence-electron chi connectivity index (χ4n) is 2.83. The molecule has 0 aromatic heterocycles. The lowest BCUT2D eigenvalue weighted by molar-refractivity contribution is -0.143. The summed E-state index contributed by atoms with van der Waals surface area (Å²) in [5, 5.41) is 0. The lowest BCUT2D eigenvalue weighted by Crippen LogP contribution is -2.30. The third-order valence-electron chi connectivity index (χ3n) is 4.40. The Morgan fingerprint density at radius 3 is 2.70 bits per heavy atom. The number of aryl methyl sites for hydroxylation is 1. The molecule has 7 heteroatoms. The van der Waals surface area contributed by atoms with Crippen LogP contribution in [0.15, 0.2) is 53.4 Å². The second kappa shape index (κ2) is 10.4. The molecule has 1 aliphatic rings. The SMILES string of the molecule is CCOC(=O)CCN1C(=O)/C(=C\c2cccc(OCc3ccc(C)cc3)c2)SC1=S. The third-order valence-corrected chi connectivity index (χ3v) is 5.78. The first kappa shape index (κ1) is 22.1. The lowest BCUT2D eigenvalue weighted by atomic mass is 10.1. The van der Waals surface area contributed by atoms with E-state index in [1.807, 2.05) is 43.3 Å². The van der Waals surface area contributed by atoms with E-state index in [0.717, 1.165) is 16.9 Å². The van der Waals surface area contributed by atoms with Gasteiger partial charge < -0.3 is 9.47 Å². The van der Waals surface area contributed by atoms with Gasteiger partial charge in [-0.25, -0.2) is 0 Å². The van der Waals surface area contributed by atoms with Crippen LogP contribution in [-0.4, -0.2) is 34.2 Å². The second-order valence-electron chi connectivity index (χ2n) is 6.74. The van der Waals surface area contributed by atoms with E-state index < -0.39 is 0 Å². The topological polar surface area (TPSA) is 55.8 Å². The van der Waals surface area contributed by atoms with E-state index >= 15 is 0 Å². The summed E-state index contributed by atoms with van der Waals surface area (Å²) < 4.78 is 11.2. The van der Waals surface area contributed by atoms with Crippen LogP contribution in [0, 0.1) is 6.92 Å². The Kier molecular flexibility index (Phi) is 7.65. The van der Waals surface area contributed by atoms with Gasteiger partial charge in [-0.15, -0.1) is 0 Å². The molecule has 0 N–H and O–H groups in total. The predicted molar refractivity (Wildman–Crippen MR) is 123 cm³/mol. The van der Waals surface area contributed by atoms with Gasteiger partial charge in [0, 0.05) is 6.54 Å². The molecule has 0 spiro atoms. The van der Waals surface area contributed by atoms with E-state index in [9.17, 15) is 9.59 Å². The highest BCUT2D eigenvalue weighted by atomic mass is 32.2. The number of hydrogen-bond donors (Lipinski definition) is 0. The number of esters is 1. The molecule has 1 saturated heterocycles. The summed E-state index contributed by atoms with van der Waals surface area (Å²) in [5.41, 5.74) is 3.15. The summed E-state index contributed by atoms with van der Waals surface area (Å²) in [6.07, 6.45) is 1.91. The maximum atomic E-state index is 12.7. The maximum absolute atomic E-state index is 12.7. The van der Waals surface area contributed by atoms with E-state index in [1.165, 1.54) is 22.2 Å². The van der Waals surface area contributed by atoms with Gasteiger partial charge in [0.15, 0.2) is 0 Å². The molecule has 156 valence electrons. The van der Waals surface area contributed by atoms with E-state index in [1.54, 1.807) is 13.0 Å². The number of ether oxygens (including phenoxy) is 2. The molecule has 30 heavy (non-hydrogen) atoms. The minimum atomic E-state index is -0.339. The summed E-state index contributed by atoms with van der Waals surface area (Å²) in [5.74, 6) is 0.191. The van der Waals surface area contributed by atoms with Gasteiger partial charge in [-0.2, -0.15) is 0 Å². The molecule has 0 radical (unpaired) electrons. The quantitative estimate of drug-likeness (QED) is 0.335. The van der Waals surface area contributed by atoms with Gasteiger partial charge in [-0.3, -0.25) is 14.5 Å². The fourth-order valence-corrected chi connectivity index (χ4v) is 4.13. The van der Waals surface area contributed by atoms with E-state index in [0.29, 0.717) is 22.4 Å². The van der Waals surface area contributed by atoms with Crippen molar-refractivity contribution in [3.63, 3.8) is 0 Å². The minimum absolute atomic E-state index is 0.121. The number of thiocarbonyl (C=S) groups is 1. The van der Waals surface area contributed by atoms with Gasteiger partial charge in [0.25, 0.3) is 5.91 Å². The van der Waals surface area contributed by atoms with E-state index in [2.05, 4.69) is 12.1 Å². The highest BCUT2D eigenvalue weighted by molar-refractivity contribution is 8.26. The zero-order chi connectivity index (χ0) is 21.5. The first-order valence-electron chi connectivity index (χ1n) is 9.65.